The summed E-state index contributed by atoms with van der Waals surface area (Å²) in [6.45, 7) is 1.66. The second kappa shape index (κ2) is 6.70. The van der Waals surface area contributed by atoms with Crippen molar-refractivity contribution >= 4 is 5.91 Å². The molecule has 6 heteroatoms. The third-order valence-corrected chi connectivity index (χ3v) is 3.99. The first kappa shape index (κ1) is 14.7. The molecule has 0 spiro atoms. The third-order valence-electron chi connectivity index (χ3n) is 3.99. The third kappa shape index (κ3) is 3.17. The van der Waals surface area contributed by atoms with Gasteiger partial charge in [-0.05, 0) is 25.0 Å². The van der Waals surface area contributed by atoms with Gasteiger partial charge in [0.2, 0.25) is 5.91 Å². The normalized spacial score (nSPS) is 18.4. The van der Waals surface area contributed by atoms with Gasteiger partial charge in [-0.25, -0.2) is 9.97 Å². The van der Waals surface area contributed by atoms with Gasteiger partial charge in [0.15, 0.2) is 0 Å². The van der Waals surface area contributed by atoms with Crippen LogP contribution in [0.15, 0.2) is 36.9 Å². The number of likely N-dealkylation sites (tertiary alicyclic amines) is 1. The number of hydrogen-bond acceptors (Lipinski definition) is 4. The highest BCUT2D eigenvalue weighted by Gasteiger charge is 2.25. The van der Waals surface area contributed by atoms with Gasteiger partial charge in [0.1, 0.15) is 18.8 Å². The van der Waals surface area contributed by atoms with Gasteiger partial charge in [-0.3, -0.25) is 9.36 Å². The lowest BCUT2D eigenvalue weighted by Gasteiger charge is -2.32. The summed E-state index contributed by atoms with van der Waals surface area (Å²) in [4.78, 5) is 22.7. The number of aromatic nitrogens is 3. The van der Waals surface area contributed by atoms with E-state index in [0.29, 0.717) is 6.54 Å². The Labute approximate surface area is 129 Å². The monoisotopic (exact) mass is 300 g/mol. The first-order valence-electron chi connectivity index (χ1n) is 7.50. The molecule has 1 fully saturated rings. The number of pyridine rings is 1. The molecule has 1 aliphatic heterocycles. The van der Waals surface area contributed by atoms with Crippen molar-refractivity contribution in [2.45, 2.75) is 18.8 Å². The summed E-state index contributed by atoms with van der Waals surface area (Å²) in [5, 5.41) is 0. The van der Waals surface area contributed by atoms with Crippen molar-refractivity contribution in [3.05, 3.63) is 42.6 Å². The van der Waals surface area contributed by atoms with Crippen LogP contribution in [-0.4, -0.2) is 52.1 Å². The van der Waals surface area contributed by atoms with Crippen molar-refractivity contribution in [2.24, 2.45) is 0 Å². The average Bonchev–Trinajstić information content (AvgIpc) is 3.10. The average molecular weight is 300 g/mol. The fourth-order valence-corrected chi connectivity index (χ4v) is 2.87. The number of ether oxygens (including phenoxy) is 1. The van der Waals surface area contributed by atoms with E-state index in [9.17, 15) is 4.79 Å². The molecule has 1 aliphatic rings. The molecule has 1 amide bonds. The molecule has 2 aromatic rings. The Kier molecular flexibility index (Phi) is 4.48. The number of carbonyl (C=O) groups excluding carboxylic acids is 1. The van der Waals surface area contributed by atoms with Crippen LogP contribution in [0.25, 0.3) is 5.82 Å². The van der Waals surface area contributed by atoms with Gasteiger partial charge in [-0.15, -0.1) is 0 Å². The highest BCUT2D eigenvalue weighted by atomic mass is 16.5. The van der Waals surface area contributed by atoms with E-state index in [-0.39, 0.29) is 18.4 Å². The molecule has 0 saturated carbocycles. The molecule has 116 valence electrons. The lowest BCUT2D eigenvalue weighted by molar-refractivity contribution is -0.136. The molecule has 0 N–H and O–H groups in total. The fraction of sp³-hybridized carbons (Fsp3) is 0.438. The van der Waals surface area contributed by atoms with E-state index in [0.717, 1.165) is 30.9 Å². The van der Waals surface area contributed by atoms with Crippen LogP contribution in [0.4, 0.5) is 0 Å². The molecule has 0 radical (unpaired) electrons. The second-order valence-corrected chi connectivity index (χ2v) is 5.50. The summed E-state index contributed by atoms with van der Waals surface area (Å²) < 4.78 is 6.84. The molecule has 3 heterocycles. The summed E-state index contributed by atoms with van der Waals surface area (Å²) in [5.74, 6) is 1.19. The molecule has 6 nitrogen and oxygen atoms in total. The maximum atomic E-state index is 12.0. The van der Waals surface area contributed by atoms with E-state index in [1.165, 1.54) is 0 Å². The van der Waals surface area contributed by atoms with Gasteiger partial charge in [-0.1, -0.05) is 6.07 Å². The summed E-state index contributed by atoms with van der Waals surface area (Å²) >= 11 is 0. The van der Waals surface area contributed by atoms with Crippen LogP contribution in [0.2, 0.25) is 0 Å². The zero-order valence-electron chi connectivity index (χ0n) is 12.7. The van der Waals surface area contributed by atoms with E-state index in [1.54, 1.807) is 19.6 Å². The van der Waals surface area contributed by atoms with Crippen LogP contribution >= 0.6 is 0 Å². The van der Waals surface area contributed by atoms with Crippen LogP contribution in [0.1, 0.15) is 24.5 Å². The zero-order valence-corrected chi connectivity index (χ0v) is 12.7. The van der Waals surface area contributed by atoms with E-state index in [4.69, 9.17) is 9.72 Å². The minimum atomic E-state index is 0.0537. The molecule has 0 unspecified atom stereocenters. The zero-order chi connectivity index (χ0) is 15.4. The maximum Gasteiger partial charge on any atom is 0.248 e. The standard InChI is InChI=1S/C16H20N4O2/c1-22-11-16(21)19-8-3-4-13(10-19)14-5-2-6-15(18-14)20-9-7-17-12-20/h2,5-7,9,12-13H,3-4,8,10-11H2,1H3/t13-/m1/s1. The number of amides is 1. The maximum absolute atomic E-state index is 12.0. The minimum Gasteiger partial charge on any atom is -0.375 e. The quantitative estimate of drug-likeness (QED) is 0.861. The Bertz CT molecular complexity index is 627. The summed E-state index contributed by atoms with van der Waals surface area (Å²) in [5.41, 5.74) is 1.03. The number of piperidine rings is 1. The molecule has 1 saturated heterocycles. The number of nitrogens with zero attached hydrogens (tertiary/aromatic N) is 4. The molecule has 1 atom stereocenters. The molecule has 22 heavy (non-hydrogen) atoms. The Morgan fingerprint density at radius 3 is 3.14 bits per heavy atom. The molecular formula is C16H20N4O2. The number of carbonyl (C=O) groups is 1. The lowest BCUT2D eigenvalue weighted by Crippen LogP contribution is -2.41. The van der Waals surface area contributed by atoms with Crippen molar-refractivity contribution in [1.29, 1.82) is 0 Å². The molecule has 0 bridgehead atoms. The first-order valence-corrected chi connectivity index (χ1v) is 7.50. The number of rotatable bonds is 4. The molecule has 2 aromatic heterocycles. The van der Waals surface area contributed by atoms with Gasteiger partial charge < -0.3 is 9.64 Å². The van der Waals surface area contributed by atoms with Crippen LogP contribution < -0.4 is 0 Å². The Morgan fingerprint density at radius 2 is 2.36 bits per heavy atom. The van der Waals surface area contributed by atoms with E-state index < -0.39 is 0 Å². The molecular weight excluding hydrogens is 280 g/mol. The molecule has 3 rings (SSSR count). The predicted molar refractivity (Wildman–Crippen MR) is 81.8 cm³/mol. The van der Waals surface area contributed by atoms with Crippen molar-refractivity contribution in [1.82, 2.24) is 19.4 Å². The van der Waals surface area contributed by atoms with Crippen molar-refractivity contribution < 1.29 is 9.53 Å². The fourth-order valence-electron chi connectivity index (χ4n) is 2.87. The first-order chi connectivity index (χ1) is 10.8. The second-order valence-electron chi connectivity index (χ2n) is 5.50. The van der Waals surface area contributed by atoms with Crippen molar-refractivity contribution in [3.8, 4) is 5.82 Å². The van der Waals surface area contributed by atoms with Crippen LogP contribution in [0.5, 0.6) is 0 Å². The van der Waals surface area contributed by atoms with Crippen molar-refractivity contribution in [3.63, 3.8) is 0 Å². The largest absolute Gasteiger partial charge is 0.375 e. The molecule has 0 aliphatic carbocycles. The highest BCUT2D eigenvalue weighted by Crippen LogP contribution is 2.26. The predicted octanol–water partition coefficient (Wildman–Crippen LogP) is 1.62. The summed E-state index contributed by atoms with van der Waals surface area (Å²) in [6, 6.07) is 6.00. The number of hydrogen-bond donors (Lipinski definition) is 0. The van der Waals surface area contributed by atoms with Crippen LogP contribution in [0.3, 0.4) is 0 Å². The topological polar surface area (TPSA) is 60.2 Å². The Morgan fingerprint density at radius 1 is 1.45 bits per heavy atom. The van der Waals surface area contributed by atoms with E-state index >= 15 is 0 Å². The van der Waals surface area contributed by atoms with Crippen LogP contribution in [-0.2, 0) is 9.53 Å². The van der Waals surface area contributed by atoms with E-state index in [1.807, 2.05) is 33.9 Å². The van der Waals surface area contributed by atoms with Gasteiger partial charge >= 0.3 is 0 Å². The van der Waals surface area contributed by atoms with E-state index in [2.05, 4.69) is 4.98 Å². The van der Waals surface area contributed by atoms with Gasteiger partial charge in [0.25, 0.3) is 0 Å². The number of methoxy groups -OCH3 is 1. The smallest absolute Gasteiger partial charge is 0.248 e. The minimum absolute atomic E-state index is 0.0537. The van der Waals surface area contributed by atoms with Gasteiger partial charge in [-0.2, -0.15) is 0 Å². The van der Waals surface area contributed by atoms with Crippen molar-refractivity contribution in [2.75, 3.05) is 26.8 Å². The SMILES string of the molecule is COCC(=O)N1CCC[C@@H](c2cccc(-n3ccnc3)n2)C1. The molecule has 0 aromatic carbocycles. The highest BCUT2D eigenvalue weighted by molar-refractivity contribution is 5.77. The van der Waals surface area contributed by atoms with Gasteiger partial charge in [0, 0.05) is 44.2 Å². The van der Waals surface area contributed by atoms with Crippen LogP contribution in [0, 0.1) is 0 Å². The number of imidazole rings is 1. The summed E-state index contributed by atoms with van der Waals surface area (Å²) in [7, 11) is 1.55. The van der Waals surface area contributed by atoms with Gasteiger partial charge in [0.05, 0.1) is 0 Å². The Balaban J connectivity index is 1.76. The summed E-state index contributed by atoms with van der Waals surface area (Å²) in [6.07, 6.45) is 7.40. The Hall–Kier alpha value is -2.21. The lowest BCUT2D eigenvalue weighted by atomic mass is 9.94.